The van der Waals surface area contributed by atoms with Crippen LogP contribution in [0.15, 0.2) is 5.11 Å². The second kappa shape index (κ2) is 7.31. The summed E-state index contributed by atoms with van der Waals surface area (Å²) >= 11 is 0. The zero-order valence-electron chi connectivity index (χ0n) is 12.5. The molecule has 0 radical (unpaired) electrons. The fourth-order valence-electron chi connectivity index (χ4n) is 3.27. The van der Waals surface area contributed by atoms with E-state index in [1.165, 1.54) is 6.42 Å². The van der Waals surface area contributed by atoms with Gasteiger partial charge in [0.15, 0.2) is 6.04 Å². The van der Waals surface area contributed by atoms with Crippen molar-refractivity contribution in [2.45, 2.75) is 57.5 Å². The van der Waals surface area contributed by atoms with Gasteiger partial charge in [0.05, 0.1) is 13.2 Å². The van der Waals surface area contributed by atoms with Gasteiger partial charge in [0.2, 0.25) is 10.8 Å². The van der Waals surface area contributed by atoms with Gasteiger partial charge in [0.25, 0.3) is 0 Å². The number of hydrogen-bond acceptors (Lipinski definition) is 5. The van der Waals surface area contributed by atoms with E-state index in [-0.39, 0.29) is 23.8 Å². The SMILES string of the molecule is CCOC(=O)[C@@H]1C[C@H](N=[N+]=N)CN1C(=O)C1CCCCC1. The fraction of sp³-hybridized carbons (Fsp3) is 0.857. The maximum atomic E-state index is 12.7. The zero-order valence-corrected chi connectivity index (χ0v) is 12.5. The molecular weight excluding hydrogens is 272 g/mol. The normalized spacial score (nSPS) is 26.2. The van der Waals surface area contributed by atoms with E-state index in [0.717, 1.165) is 25.7 Å². The molecule has 0 spiro atoms. The van der Waals surface area contributed by atoms with E-state index in [1.54, 1.807) is 11.8 Å². The summed E-state index contributed by atoms with van der Waals surface area (Å²) in [6, 6.07) is -0.848. The lowest BCUT2D eigenvalue weighted by atomic mass is 9.88. The first kappa shape index (κ1) is 15.6. The number of hydrogen-bond donors (Lipinski definition) is 1. The first-order chi connectivity index (χ1) is 10.2. The summed E-state index contributed by atoms with van der Waals surface area (Å²) in [5.41, 5.74) is 6.83. The highest BCUT2D eigenvalue weighted by atomic mass is 16.5. The standard InChI is InChI=1S/C14H23N4O3/c1-2-21-14(20)12-8-11(16-17-15)9-18(12)13(19)10-6-4-3-5-7-10/h10-12,15H,2-9H2,1H3/q+1/t11-,12-/m0/s1. The Morgan fingerprint density at radius 2 is 2.05 bits per heavy atom. The van der Waals surface area contributed by atoms with E-state index in [0.29, 0.717) is 19.6 Å². The molecular formula is C14H23N4O3+. The zero-order chi connectivity index (χ0) is 15.2. The van der Waals surface area contributed by atoms with Crippen molar-refractivity contribution in [1.29, 1.82) is 5.53 Å². The monoisotopic (exact) mass is 295 g/mol. The lowest BCUT2D eigenvalue weighted by molar-refractivity contribution is -0.154. The van der Waals surface area contributed by atoms with E-state index in [4.69, 9.17) is 10.3 Å². The lowest BCUT2D eigenvalue weighted by Gasteiger charge is -2.29. The maximum absolute atomic E-state index is 12.7. The second-order valence-electron chi connectivity index (χ2n) is 5.70. The molecule has 1 amide bonds. The van der Waals surface area contributed by atoms with E-state index < -0.39 is 6.04 Å². The predicted molar refractivity (Wildman–Crippen MR) is 74.4 cm³/mol. The number of rotatable bonds is 4. The number of ether oxygens (including phenoxy) is 1. The molecule has 0 aromatic heterocycles. The van der Waals surface area contributed by atoms with Gasteiger partial charge in [-0.1, -0.05) is 19.3 Å². The Kier molecular flexibility index (Phi) is 5.44. The average Bonchev–Trinajstić information content (AvgIpc) is 2.92. The minimum absolute atomic E-state index is 0.0161. The minimum Gasteiger partial charge on any atom is -0.464 e. The van der Waals surface area contributed by atoms with Gasteiger partial charge >= 0.3 is 5.97 Å². The Bertz CT molecular complexity index is 442. The smallest absolute Gasteiger partial charge is 0.328 e. The molecule has 1 aliphatic carbocycles. The highest BCUT2D eigenvalue weighted by molar-refractivity contribution is 5.86. The van der Waals surface area contributed by atoms with Crippen molar-refractivity contribution in [2.24, 2.45) is 11.0 Å². The van der Waals surface area contributed by atoms with E-state index >= 15 is 0 Å². The number of carbonyl (C=O) groups excluding carboxylic acids is 2. The van der Waals surface area contributed by atoms with Crippen LogP contribution in [0.5, 0.6) is 0 Å². The van der Waals surface area contributed by atoms with Gasteiger partial charge in [-0.2, -0.15) is 0 Å². The first-order valence-corrected chi connectivity index (χ1v) is 7.71. The van der Waals surface area contributed by atoms with Crippen LogP contribution in [0.25, 0.3) is 0 Å². The molecule has 1 saturated carbocycles. The molecule has 7 heteroatoms. The van der Waals surface area contributed by atoms with Crippen LogP contribution in [0.3, 0.4) is 0 Å². The number of esters is 1. The molecule has 0 unspecified atom stereocenters. The maximum Gasteiger partial charge on any atom is 0.328 e. The summed E-state index contributed by atoms with van der Waals surface area (Å²) in [4.78, 5) is 29.4. The van der Waals surface area contributed by atoms with Crippen LogP contribution in [0.1, 0.15) is 45.4 Å². The van der Waals surface area contributed by atoms with Crippen LogP contribution < -0.4 is 4.91 Å². The highest BCUT2D eigenvalue weighted by Crippen LogP contribution is 2.30. The largest absolute Gasteiger partial charge is 0.464 e. The predicted octanol–water partition coefficient (Wildman–Crippen LogP) is 1.65. The molecule has 2 rings (SSSR count). The van der Waals surface area contributed by atoms with E-state index in [2.05, 4.69) is 10.0 Å². The summed E-state index contributed by atoms with van der Waals surface area (Å²) in [7, 11) is 0. The Hall–Kier alpha value is -1.75. The number of nitrogens with zero attached hydrogens (tertiary/aromatic N) is 3. The second-order valence-corrected chi connectivity index (χ2v) is 5.70. The van der Waals surface area contributed by atoms with Crippen LogP contribution >= 0.6 is 0 Å². The van der Waals surface area contributed by atoms with Crippen LogP contribution in [0.2, 0.25) is 0 Å². The Morgan fingerprint density at radius 3 is 2.67 bits per heavy atom. The Morgan fingerprint density at radius 1 is 1.33 bits per heavy atom. The Balaban J connectivity index is 2.10. The molecule has 1 aliphatic heterocycles. The fourth-order valence-corrected chi connectivity index (χ4v) is 3.27. The van der Waals surface area contributed by atoms with Crippen molar-refractivity contribution >= 4 is 11.9 Å². The molecule has 21 heavy (non-hydrogen) atoms. The van der Waals surface area contributed by atoms with Crippen LogP contribution in [0.4, 0.5) is 0 Å². The van der Waals surface area contributed by atoms with Crippen molar-refractivity contribution in [1.82, 2.24) is 9.81 Å². The van der Waals surface area contributed by atoms with Crippen LogP contribution in [0, 0.1) is 11.4 Å². The van der Waals surface area contributed by atoms with E-state index in [9.17, 15) is 9.59 Å². The van der Waals surface area contributed by atoms with Crippen molar-refractivity contribution in [3.63, 3.8) is 0 Å². The van der Waals surface area contributed by atoms with Crippen molar-refractivity contribution in [3.8, 4) is 0 Å². The molecule has 0 aromatic carbocycles. The van der Waals surface area contributed by atoms with Gasteiger partial charge in [-0.3, -0.25) is 4.79 Å². The number of likely N-dealkylation sites (tertiary alicyclic amines) is 1. The van der Waals surface area contributed by atoms with Crippen LogP contribution in [-0.4, -0.2) is 42.0 Å². The molecule has 0 bridgehead atoms. The van der Waals surface area contributed by atoms with Crippen molar-refractivity contribution in [2.75, 3.05) is 13.2 Å². The minimum atomic E-state index is -0.574. The van der Waals surface area contributed by atoms with Gasteiger partial charge in [0.1, 0.15) is 16.7 Å². The molecule has 2 atom stereocenters. The summed E-state index contributed by atoms with van der Waals surface area (Å²) in [5, 5.41) is 3.78. The third kappa shape index (κ3) is 3.67. The van der Waals surface area contributed by atoms with Gasteiger partial charge in [-0.25, -0.2) is 4.79 Å². The third-order valence-electron chi connectivity index (χ3n) is 4.30. The van der Waals surface area contributed by atoms with Gasteiger partial charge < -0.3 is 9.64 Å². The Labute approximate surface area is 124 Å². The number of amides is 1. The van der Waals surface area contributed by atoms with Gasteiger partial charge in [-0.05, 0) is 19.8 Å². The first-order valence-electron chi connectivity index (χ1n) is 7.71. The van der Waals surface area contributed by atoms with Gasteiger partial charge in [-0.15, -0.1) is 0 Å². The summed E-state index contributed by atoms with van der Waals surface area (Å²) < 4.78 is 5.07. The molecule has 7 nitrogen and oxygen atoms in total. The van der Waals surface area contributed by atoms with Crippen LogP contribution in [-0.2, 0) is 14.3 Å². The molecule has 1 saturated heterocycles. The quantitative estimate of drug-likeness (QED) is 0.485. The summed E-state index contributed by atoms with van der Waals surface area (Å²) in [6.45, 7) is 2.41. The third-order valence-corrected chi connectivity index (χ3v) is 4.30. The van der Waals surface area contributed by atoms with Crippen molar-refractivity contribution in [3.05, 3.63) is 0 Å². The number of carbonyl (C=O) groups is 2. The van der Waals surface area contributed by atoms with Crippen molar-refractivity contribution < 1.29 is 14.3 Å². The van der Waals surface area contributed by atoms with Gasteiger partial charge in [0, 0.05) is 12.3 Å². The summed E-state index contributed by atoms with van der Waals surface area (Å²) in [5.74, 6) is -0.317. The summed E-state index contributed by atoms with van der Waals surface area (Å²) in [6.07, 6.45) is 5.53. The molecule has 1 N–H and O–H groups in total. The highest BCUT2D eigenvalue weighted by Gasteiger charge is 2.44. The van der Waals surface area contributed by atoms with E-state index in [1.807, 2.05) is 0 Å². The topological polar surface area (TPSA) is 96.9 Å². The molecule has 1 heterocycles. The number of nitrogens with one attached hydrogen (secondary N) is 1. The molecule has 116 valence electrons. The average molecular weight is 295 g/mol. The molecule has 2 fully saturated rings. The molecule has 0 aromatic rings. The molecule has 2 aliphatic rings. The lowest BCUT2D eigenvalue weighted by Crippen LogP contribution is -2.44.